The van der Waals surface area contributed by atoms with Crippen molar-refractivity contribution in [1.29, 1.82) is 0 Å². The van der Waals surface area contributed by atoms with Gasteiger partial charge in [0.1, 0.15) is 11.6 Å². The molecular formula is C52H84FeN2O10. The van der Waals surface area contributed by atoms with Crippen LogP contribution in [0.15, 0.2) is 0 Å². The molecule has 0 spiro atoms. The molecule has 8 fully saturated rings. The molecule has 8 N–H and O–H groups in total. The van der Waals surface area contributed by atoms with Gasteiger partial charge < -0.3 is 51.7 Å². The Morgan fingerprint density at radius 2 is 0.908 bits per heavy atom. The van der Waals surface area contributed by atoms with Gasteiger partial charge >= 0.3 is 17.1 Å². The Hall–Kier alpha value is -1.44. The van der Waals surface area contributed by atoms with Gasteiger partial charge in [0.2, 0.25) is 0 Å². The van der Waals surface area contributed by atoms with Crippen LogP contribution in [-0.4, -0.2) is 81.4 Å². The van der Waals surface area contributed by atoms with Crippen molar-refractivity contribution in [3.05, 3.63) is 0 Å². The first-order valence-electron chi connectivity index (χ1n) is 25.6. The topological polar surface area (TPSA) is 247 Å². The number of aliphatic hydroxyl groups is 4. The molecule has 13 heteroatoms. The quantitative estimate of drug-likeness (QED) is 0.153. The zero-order valence-electron chi connectivity index (χ0n) is 40.3. The fraction of sp³-hybridized carbons (Fsp3) is 0.923. The van der Waals surface area contributed by atoms with Crippen molar-refractivity contribution in [3.63, 3.8) is 0 Å². The third-order valence-electron chi connectivity index (χ3n) is 21.9. The van der Waals surface area contributed by atoms with E-state index in [2.05, 4.69) is 41.5 Å². The molecule has 370 valence electrons. The van der Waals surface area contributed by atoms with E-state index >= 15 is 0 Å². The normalized spacial score (nSPS) is 48.2. The first-order chi connectivity index (χ1) is 30.1. The number of carboxylic acids is 2. The summed E-state index contributed by atoms with van der Waals surface area (Å²) in [5.74, 6) is 1.18. The number of aliphatic hydroxyl groups excluding tert-OH is 4. The maximum Gasteiger partial charge on any atom is 2.00 e. The average molecular weight is 953 g/mol. The van der Waals surface area contributed by atoms with E-state index < -0.39 is 36.4 Å². The van der Waals surface area contributed by atoms with Gasteiger partial charge in [-0.25, -0.2) is 0 Å². The Balaban J connectivity index is 0.000000212. The van der Waals surface area contributed by atoms with Gasteiger partial charge in [-0.15, -0.1) is 0 Å². The molecule has 22 atom stereocenters. The second kappa shape index (κ2) is 20.1. The summed E-state index contributed by atoms with van der Waals surface area (Å²) in [6, 6.07) is 0. The number of Topliss-reactive ketones (excluding diaryl/α,β-unsaturated/α-hetero) is 2. The van der Waals surface area contributed by atoms with Gasteiger partial charge in [-0.3, -0.25) is 9.59 Å². The molecule has 10 unspecified atom stereocenters. The number of fused-ring (bicyclic) bond motifs is 10. The number of carbonyl (C=O) groups excluding carboxylic acids is 4. The fourth-order valence-electron chi connectivity index (χ4n) is 18.9. The van der Waals surface area contributed by atoms with Crippen LogP contribution in [0.4, 0.5) is 0 Å². The Labute approximate surface area is 399 Å². The van der Waals surface area contributed by atoms with Crippen LogP contribution in [0.3, 0.4) is 0 Å². The second-order valence-corrected chi connectivity index (χ2v) is 24.2. The molecule has 8 aliphatic rings. The molecule has 8 rings (SSSR count). The third-order valence-corrected chi connectivity index (χ3v) is 21.9. The van der Waals surface area contributed by atoms with E-state index in [9.17, 15) is 49.8 Å². The van der Waals surface area contributed by atoms with Crippen molar-refractivity contribution >= 4 is 23.5 Å². The van der Waals surface area contributed by atoms with Crippen LogP contribution in [0, 0.1) is 105 Å². The number of carbonyl (C=O) groups is 4. The number of ketones is 2. The first kappa shape index (κ1) is 52.9. The van der Waals surface area contributed by atoms with E-state index in [0.29, 0.717) is 86.9 Å². The number of hydrogen-bond acceptors (Lipinski definition) is 12. The molecule has 0 amide bonds. The zero-order chi connectivity index (χ0) is 46.8. The smallest absolute Gasteiger partial charge is 0.550 e. The van der Waals surface area contributed by atoms with Crippen LogP contribution in [0.5, 0.6) is 0 Å². The van der Waals surface area contributed by atoms with Crippen molar-refractivity contribution in [3.8, 4) is 0 Å². The predicted molar refractivity (Wildman–Crippen MR) is 238 cm³/mol. The van der Waals surface area contributed by atoms with Crippen LogP contribution < -0.4 is 21.7 Å². The number of hydrogen-bond donors (Lipinski definition) is 6. The van der Waals surface area contributed by atoms with Gasteiger partial charge in [0.15, 0.2) is 0 Å². The van der Waals surface area contributed by atoms with Crippen LogP contribution >= 0.6 is 0 Å². The van der Waals surface area contributed by atoms with Gasteiger partial charge in [-0.2, -0.15) is 0 Å². The molecule has 65 heavy (non-hydrogen) atoms. The number of rotatable bonds is 12. The standard InChI is InChI=1S/2C26H43NO5.Fe/c2*1-14(4-7-23(31)32)17-5-6-18-24-19(8-9-25(17,18)2)26(3)15(11-21(24)29)10-16(28)12-20(26)22(30)13-27;/h2*14-21,24,28-29H,4-13,27H2,1-3H3,(H,31,32);/q;;+2/p-2/t2*14-,15?,16-,17-,18?,19?,20?,21+,24?,25-,26+;/m11./s1. The zero-order valence-corrected chi connectivity index (χ0v) is 41.4. The van der Waals surface area contributed by atoms with Crippen LogP contribution in [0.25, 0.3) is 0 Å². The van der Waals surface area contributed by atoms with Crippen LogP contribution in [-0.2, 0) is 36.2 Å². The van der Waals surface area contributed by atoms with E-state index in [1.807, 2.05) is 0 Å². The number of aliphatic carboxylic acids is 2. The summed E-state index contributed by atoms with van der Waals surface area (Å²) in [6.45, 7) is 13.6. The molecule has 0 radical (unpaired) electrons. The molecule has 0 aromatic heterocycles. The molecular weight excluding hydrogens is 868 g/mol. The molecule has 0 heterocycles. The summed E-state index contributed by atoms with van der Waals surface area (Å²) in [7, 11) is 0. The van der Waals surface area contributed by atoms with Gasteiger partial charge in [0.05, 0.1) is 37.5 Å². The molecule has 8 aliphatic carbocycles. The summed E-state index contributed by atoms with van der Waals surface area (Å²) in [5.41, 5.74) is 11.4. The summed E-state index contributed by atoms with van der Waals surface area (Å²) in [4.78, 5) is 47.9. The Morgan fingerprint density at radius 3 is 1.23 bits per heavy atom. The summed E-state index contributed by atoms with van der Waals surface area (Å²) >= 11 is 0. The molecule has 8 saturated carbocycles. The van der Waals surface area contributed by atoms with E-state index in [0.717, 1.165) is 51.4 Å². The summed E-state index contributed by atoms with van der Waals surface area (Å²) < 4.78 is 0. The second-order valence-electron chi connectivity index (χ2n) is 24.2. The van der Waals surface area contributed by atoms with Crippen molar-refractivity contribution in [2.75, 3.05) is 13.1 Å². The SMILES string of the molecule is C[C@H](CCC(=O)[O-])[C@H]1CCC2C3C(CC[C@@]21C)[C@]1(C)C(C[C@@H](O)CC1C(=O)CN)C[C@@H]3O.C[C@H](CCC(=O)[O-])[C@H]1CCC2C3C(CC[C@@]21C)[C@]1(C)C(C[C@@H](O)CC1C(=O)CN)C[C@@H]3O.[Fe+2]. The first-order valence-corrected chi connectivity index (χ1v) is 25.6. The van der Waals surface area contributed by atoms with Gasteiger partial charge in [-0.05, 0) is 208 Å². The summed E-state index contributed by atoms with van der Waals surface area (Å²) in [5, 5.41) is 65.9. The number of carboxylic acid groups (broad SMARTS) is 2. The minimum absolute atomic E-state index is 0. The van der Waals surface area contributed by atoms with Crippen molar-refractivity contribution in [2.45, 2.75) is 182 Å². The Kier molecular flexibility index (Phi) is 16.4. The maximum atomic E-state index is 12.9. The minimum Gasteiger partial charge on any atom is -0.550 e. The molecule has 0 aromatic rings. The predicted octanol–water partition coefficient (Wildman–Crippen LogP) is 3.79. The monoisotopic (exact) mass is 953 g/mol. The summed E-state index contributed by atoms with van der Waals surface area (Å²) in [6.07, 6.45) is 11.7. The molecule has 0 bridgehead atoms. The van der Waals surface area contributed by atoms with Crippen molar-refractivity contribution in [1.82, 2.24) is 0 Å². The molecule has 12 nitrogen and oxygen atoms in total. The minimum atomic E-state index is -0.975. The Morgan fingerprint density at radius 1 is 0.554 bits per heavy atom. The van der Waals surface area contributed by atoms with E-state index in [-0.39, 0.29) is 124 Å². The van der Waals surface area contributed by atoms with E-state index in [1.54, 1.807) is 0 Å². The molecule has 0 saturated heterocycles. The van der Waals surface area contributed by atoms with Crippen LogP contribution in [0.2, 0.25) is 0 Å². The van der Waals surface area contributed by atoms with Crippen molar-refractivity contribution in [2.24, 2.45) is 116 Å². The van der Waals surface area contributed by atoms with Crippen molar-refractivity contribution < 1.29 is 66.9 Å². The van der Waals surface area contributed by atoms with E-state index in [1.165, 1.54) is 0 Å². The third kappa shape index (κ3) is 9.13. The largest absolute Gasteiger partial charge is 2.00 e. The van der Waals surface area contributed by atoms with Crippen LogP contribution in [0.1, 0.15) is 157 Å². The average Bonchev–Trinajstić information content (AvgIpc) is 3.79. The molecule has 0 aromatic carbocycles. The molecule has 0 aliphatic heterocycles. The Bertz CT molecular complexity index is 1610. The fourth-order valence-corrected chi connectivity index (χ4v) is 18.9. The van der Waals surface area contributed by atoms with Gasteiger partial charge in [-0.1, -0.05) is 41.5 Å². The number of nitrogens with two attached hydrogens (primary N) is 2. The van der Waals surface area contributed by atoms with Gasteiger partial charge in [0, 0.05) is 23.8 Å². The van der Waals surface area contributed by atoms with E-state index in [4.69, 9.17) is 11.5 Å². The van der Waals surface area contributed by atoms with Gasteiger partial charge in [0.25, 0.3) is 0 Å². The maximum absolute atomic E-state index is 12.9.